The first kappa shape index (κ1) is 12.7. The summed E-state index contributed by atoms with van der Waals surface area (Å²) in [5.74, 6) is 0.486. The summed E-state index contributed by atoms with van der Waals surface area (Å²) in [5.41, 5.74) is 2.51. The van der Waals surface area contributed by atoms with E-state index in [9.17, 15) is 4.79 Å². The van der Waals surface area contributed by atoms with E-state index in [1.54, 1.807) is 0 Å². The van der Waals surface area contributed by atoms with E-state index < -0.39 is 0 Å². The van der Waals surface area contributed by atoms with E-state index in [2.05, 4.69) is 11.9 Å². The van der Waals surface area contributed by atoms with Crippen molar-refractivity contribution >= 4 is 6.29 Å². The van der Waals surface area contributed by atoms with Crippen molar-refractivity contribution in [2.75, 3.05) is 6.61 Å². The summed E-state index contributed by atoms with van der Waals surface area (Å²) in [6.45, 7) is 6.67. The largest absolute Gasteiger partial charge is 0.477 e. The molecule has 0 radical (unpaired) electrons. The van der Waals surface area contributed by atoms with Gasteiger partial charge in [-0.3, -0.25) is 4.79 Å². The molecule has 1 heterocycles. The smallest absolute Gasteiger partial charge is 0.224 e. The Morgan fingerprint density at radius 2 is 2.19 bits per heavy atom. The van der Waals surface area contributed by atoms with E-state index in [0.29, 0.717) is 18.1 Å². The molecule has 1 aromatic rings. The predicted molar refractivity (Wildman–Crippen MR) is 64.1 cm³/mol. The first-order valence-corrected chi connectivity index (χ1v) is 5.81. The van der Waals surface area contributed by atoms with E-state index in [0.717, 1.165) is 36.8 Å². The maximum Gasteiger partial charge on any atom is 0.224 e. The highest BCUT2D eigenvalue weighted by Crippen LogP contribution is 2.20. The summed E-state index contributed by atoms with van der Waals surface area (Å²) >= 11 is 0. The van der Waals surface area contributed by atoms with Crippen LogP contribution in [0.15, 0.2) is 6.07 Å². The van der Waals surface area contributed by atoms with Crippen molar-refractivity contribution in [1.82, 2.24) is 4.98 Å². The molecule has 0 fully saturated rings. The number of pyridine rings is 1. The minimum Gasteiger partial charge on any atom is -0.477 e. The Balaban J connectivity index is 2.95. The number of nitrogens with zero attached hydrogens (tertiary/aromatic N) is 1. The van der Waals surface area contributed by atoms with E-state index in [-0.39, 0.29) is 0 Å². The van der Waals surface area contributed by atoms with Crippen LogP contribution in [0.3, 0.4) is 0 Å². The van der Waals surface area contributed by atoms with Gasteiger partial charge in [-0.15, -0.1) is 0 Å². The fourth-order valence-electron chi connectivity index (χ4n) is 1.56. The fourth-order valence-corrected chi connectivity index (χ4v) is 1.56. The molecular formula is C13H19NO2. The van der Waals surface area contributed by atoms with Crippen LogP contribution in [0, 0.1) is 6.92 Å². The summed E-state index contributed by atoms with van der Waals surface area (Å²) in [4.78, 5) is 15.3. The zero-order chi connectivity index (χ0) is 12.0. The molecule has 0 aromatic carbocycles. The van der Waals surface area contributed by atoms with Crippen LogP contribution in [0.2, 0.25) is 0 Å². The molecule has 0 aliphatic heterocycles. The van der Waals surface area contributed by atoms with Crippen LogP contribution in [-0.4, -0.2) is 17.9 Å². The van der Waals surface area contributed by atoms with Crippen LogP contribution in [-0.2, 0) is 6.42 Å². The van der Waals surface area contributed by atoms with Crippen molar-refractivity contribution in [3.8, 4) is 5.88 Å². The van der Waals surface area contributed by atoms with Crippen molar-refractivity contribution < 1.29 is 9.53 Å². The van der Waals surface area contributed by atoms with E-state index in [1.807, 2.05) is 19.9 Å². The lowest BCUT2D eigenvalue weighted by atomic mass is 10.1. The first-order valence-electron chi connectivity index (χ1n) is 5.81. The van der Waals surface area contributed by atoms with E-state index in [1.165, 1.54) is 0 Å². The van der Waals surface area contributed by atoms with Crippen LogP contribution >= 0.6 is 0 Å². The van der Waals surface area contributed by atoms with Crippen LogP contribution in [0.25, 0.3) is 0 Å². The molecule has 3 heteroatoms. The monoisotopic (exact) mass is 221 g/mol. The molecule has 0 amide bonds. The molecule has 0 bridgehead atoms. The van der Waals surface area contributed by atoms with Crippen molar-refractivity contribution in [3.63, 3.8) is 0 Å². The molecule has 1 aromatic heterocycles. The molecular weight excluding hydrogens is 202 g/mol. The Bertz CT molecular complexity index is 361. The Hall–Kier alpha value is -1.38. The topological polar surface area (TPSA) is 39.2 Å². The highest BCUT2D eigenvalue weighted by Gasteiger charge is 2.10. The van der Waals surface area contributed by atoms with Gasteiger partial charge in [0.25, 0.3) is 0 Å². The third-order valence-corrected chi connectivity index (χ3v) is 2.47. The predicted octanol–water partition coefficient (Wildman–Crippen LogP) is 2.94. The van der Waals surface area contributed by atoms with Gasteiger partial charge in [0, 0.05) is 5.69 Å². The van der Waals surface area contributed by atoms with Crippen molar-refractivity contribution in [1.29, 1.82) is 0 Å². The average Bonchev–Trinajstić information content (AvgIpc) is 2.28. The van der Waals surface area contributed by atoms with E-state index in [4.69, 9.17) is 4.74 Å². The normalized spacial score (nSPS) is 10.2. The lowest BCUT2D eigenvalue weighted by Crippen LogP contribution is -2.05. The number of carbonyl (C=O) groups excluding carboxylic acids is 1. The Labute approximate surface area is 96.8 Å². The molecule has 0 aliphatic rings. The van der Waals surface area contributed by atoms with Crippen LogP contribution < -0.4 is 4.74 Å². The number of ether oxygens (including phenoxy) is 1. The number of hydrogen-bond acceptors (Lipinski definition) is 3. The minimum atomic E-state index is 0.486. The fraction of sp³-hybridized carbons (Fsp3) is 0.538. The SMILES string of the molecule is CCCCOc1nc(C)cc(CC)c1C=O. The summed E-state index contributed by atoms with van der Waals surface area (Å²) < 4.78 is 5.55. The van der Waals surface area contributed by atoms with Crippen molar-refractivity contribution in [2.24, 2.45) is 0 Å². The molecule has 0 unspecified atom stereocenters. The lowest BCUT2D eigenvalue weighted by Gasteiger charge is -2.10. The number of aryl methyl sites for hydroxylation is 2. The van der Waals surface area contributed by atoms with Gasteiger partial charge >= 0.3 is 0 Å². The Morgan fingerprint density at radius 1 is 1.44 bits per heavy atom. The first-order chi connectivity index (χ1) is 7.72. The van der Waals surface area contributed by atoms with Gasteiger partial charge in [0.15, 0.2) is 6.29 Å². The quantitative estimate of drug-likeness (QED) is 0.547. The molecule has 0 N–H and O–H groups in total. The summed E-state index contributed by atoms with van der Waals surface area (Å²) in [7, 11) is 0. The average molecular weight is 221 g/mol. The summed E-state index contributed by atoms with van der Waals surface area (Å²) in [6, 6.07) is 1.94. The molecule has 16 heavy (non-hydrogen) atoms. The van der Waals surface area contributed by atoms with E-state index >= 15 is 0 Å². The Morgan fingerprint density at radius 3 is 2.75 bits per heavy atom. The molecule has 0 saturated heterocycles. The Kier molecular flexibility index (Phi) is 4.96. The second-order valence-electron chi connectivity index (χ2n) is 3.82. The third kappa shape index (κ3) is 3.05. The summed E-state index contributed by atoms with van der Waals surface area (Å²) in [6.07, 6.45) is 3.71. The van der Waals surface area contributed by atoms with Crippen LogP contribution in [0.4, 0.5) is 0 Å². The van der Waals surface area contributed by atoms with Gasteiger partial charge < -0.3 is 4.74 Å². The van der Waals surface area contributed by atoms with Crippen molar-refractivity contribution in [3.05, 3.63) is 22.9 Å². The second-order valence-corrected chi connectivity index (χ2v) is 3.82. The van der Waals surface area contributed by atoms with Gasteiger partial charge in [-0.05, 0) is 31.4 Å². The third-order valence-electron chi connectivity index (χ3n) is 2.47. The van der Waals surface area contributed by atoms with Gasteiger partial charge in [0.1, 0.15) is 0 Å². The number of aldehydes is 1. The van der Waals surface area contributed by atoms with Gasteiger partial charge in [-0.2, -0.15) is 0 Å². The standard InChI is InChI=1S/C13H19NO2/c1-4-6-7-16-13-12(9-15)11(5-2)8-10(3)14-13/h8-9H,4-7H2,1-3H3. The molecule has 1 rings (SSSR count). The maximum absolute atomic E-state index is 11.0. The maximum atomic E-state index is 11.0. The van der Waals surface area contributed by atoms with Crippen LogP contribution in [0.5, 0.6) is 5.88 Å². The molecule has 0 atom stereocenters. The molecule has 0 aliphatic carbocycles. The van der Waals surface area contributed by atoms with Gasteiger partial charge in [0.05, 0.1) is 12.2 Å². The number of unbranched alkanes of at least 4 members (excludes halogenated alkanes) is 1. The molecule has 0 saturated carbocycles. The second kappa shape index (κ2) is 6.26. The van der Waals surface area contributed by atoms with Gasteiger partial charge in [0.2, 0.25) is 5.88 Å². The highest BCUT2D eigenvalue weighted by atomic mass is 16.5. The highest BCUT2D eigenvalue weighted by molar-refractivity contribution is 5.80. The molecule has 0 spiro atoms. The number of rotatable bonds is 6. The van der Waals surface area contributed by atoms with Gasteiger partial charge in [-0.25, -0.2) is 4.98 Å². The molecule has 3 nitrogen and oxygen atoms in total. The van der Waals surface area contributed by atoms with Crippen molar-refractivity contribution in [2.45, 2.75) is 40.0 Å². The number of carbonyl (C=O) groups is 1. The number of hydrogen-bond donors (Lipinski definition) is 0. The zero-order valence-electron chi connectivity index (χ0n) is 10.2. The van der Waals surface area contributed by atoms with Crippen LogP contribution in [0.1, 0.15) is 48.3 Å². The lowest BCUT2D eigenvalue weighted by molar-refractivity contribution is 0.111. The van der Waals surface area contributed by atoms with Gasteiger partial charge in [-0.1, -0.05) is 20.3 Å². The number of aromatic nitrogens is 1. The minimum absolute atomic E-state index is 0.486. The zero-order valence-corrected chi connectivity index (χ0v) is 10.2. The summed E-state index contributed by atoms with van der Waals surface area (Å²) in [5, 5.41) is 0. The molecule has 88 valence electrons.